The first kappa shape index (κ1) is 15.5. The van der Waals surface area contributed by atoms with Crippen LogP contribution in [-0.2, 0) is 12.8 Å². The predicted molar refractivity (Wildman–Crippen MR) is 88.8 cm³/mol. The summed E-state index contributed by atoms with van der Waals surface area (Å²) in [6, 6.07) is 18.6. The summed E-state index contributed by atoms with van der Waals surface area (Å²) in [4.78, 5) is 12.1. The molecule has 0 amide bonds. The van der Waals surface area contributed by atoms with E-state index in [-0.39, 0.29) is 5.78 Å². The molecule has 0 aliphatic rings. The van der Waals surface area contributed by atoms with Gasteiger partial charge in [-0.1, -0.05) is 67.9 Å². The molecule has 2 rings (SSSR count). The van der Waals surface area contributed by atoms with Gasteiger partial charge in [-0.3, -0.25) is 4.79 Å². The van der Waals surface area contributed by atoms with Crippen molar-refractivity contribution in [2.75, 3.05) is 0 Å². The van der Waals surface area contributed by atoms with E-state index in [2.05, 4.69) is 43.3 Å². The third kappa shape index (κ3) is 5.18. The molecule has 0 radical (unpaired) electrons. The Morgan fingerprint density at radius 1 is 0.810 bits per heavy atom. The van der Waals surface area contributed by atoms with Gasteiger partial charge in [0.15, 0.2) is 5.78 Å². The summed E-state index contributed by atoms with van der Waals surface area (Å²) in [6.45, 7) is 2.17. The lowest BCUT2D eigenvalue weighted by molar-refractivity contribution is 0.0979. The van der Waals surface area contributed by atoms with Crippen LogP contribution in [0.3, 0.4) is 0 Å². The summed E-state index contributed by atoms with van der Waals surface area (Å²) >= 11 is 0. The minimum absolute atomic E-state index is 0.270. The number of hydrogen-bond acceptors (Lipinski definition) is 1. The zero-order valence-corrected chi connectivity index (χ0v) is 12.8. The summed E-state index contributed by atoms with van der Waals surface area (Å²) in [6.07, 6.45) is 5.98. The van der Waals surface area contributed by atoms with E-state index in [4.69, 9.17) is 0 Å². The monoisotopic (exact) mass is 280 g/mol. The van der Waals surface area contributed by atoms with Crippen LogP contribution in [-0.4, -0.2) is 5.78 Å². The van der Waals surface area contributed by atoms with Crippen LogP contribution >= 0.6 is 0 Å². The second kappa shape index (κ2) is 8.41. The van der Waals surface area contributed by atoms with Crippen LogP contribution in [0.5, 0.6) is 0 Å². The van der Waals surface area contributed by atoms with Crippen LogP contribution in [0.15, 0.2) is 54.6 Å². The Balaban J connectivity index is 1.74. The molecule has 21 heavy (non-hydrogen) atoms. The summed E-state index contributed by atoms with van der Waals surface area (Å²) in [5.74, 6) is 0.270. The Labute approximate surface area is 128 Å². The summed E-state index contributed by atoms with van der Waals surface area (Å²) in [5, 5.41) is 0. The first-order valence-electron chi connectivity index (χ1n) is 7.95. The molecule has 0 bridgehead atoms. The number of rotatable bonds is 8. The first-order chi connectivity index (χ1) is 10.3. The second-order valence-electron chi connectivity index (χ2n) is 5.56. The molecule has 2 aromatic rings. The molecule has 0 saturated heterocycles. The molecule has 0 fully saturated rings. The number of ketones is 1. The van der Waals surface area contributed by atoms with Gasteiger partial charge in [-0.25, -0.2) is 0 Å². The molecule has 1 heteroatoms. The number of unbranched alkanes of at least 4 members (excludes halogenated alkanes) is 1. The molecular weight excluding hydrogens is 256 g/mol. The standard InChI is InChI=1S/C20H24O/c1-2-8-17-13-15-19(16-14-17)20(21)12-7-6-11-18-9-4-3-5-10-18/h3-5,9-10,13-16H,2,6-8,11-12H2,1H3. The van der Waals surface area contributed by atoms with Gasteiger partial charge in [0.25, 0.3) is 0 Å². The van der Waals surface area contributed by atoms with E-state index in [0.717, 1.165) is 37.7 Å². The van der Waals surface area contributed by atoms with E-state index >= 15 is 0 Å². The molecule has 0 spiro atoms. The molecule has 0 aliphatic carbocycles. The highest BCUT2D eigenvalue weighted by Gasteiger charge is 2.05. The maximum atomic E-state index is 12.1. The number of carbonyl (C=O) groups excluding carboxylic acids is 1. The Morgan fingerprint density at radius 2 is 1.48 bits per heavy atom. The van der Waals surface area contributed by atoms with Gasteiger partial charge in [-0.05, 0) is 36.8 Å². The number of aryl methyl sites for hydroxylation is 2. The average Bonchev–Trinajstić information content (AvgIpc) is 2.53. The van der Waals surface area contributed by atoms with E-state index in [1.54, 1.807) is 0 Å². The highest BCUT2D eigenvalue weighted by atomic mass is 16.1. The van der Waals surface area contributed by atoms with Crippen molar-refractivity contribution < 1.29 is 4.79 Å². The molecular formula is C20H24O. The van der Waals surface area contributed by atoms with Crippen LogP contribution in [0, 0.1) is 0 Å². The van der Waals surface area contributed by atoms with E-state index < -0.39 is 0 Å². The number of carbonyl (C=O) groups is 1. The van der Waals surface area contributed by atoms with Crippen molar-refractivity contribution in [1.82, 2.24) is 0 Å². The molecule has 0 aromatic heterocycles. The Morgan fingerprint density at radius 3 is 2.14 bits per heavy atom. The first-order valence-corrected chi connectivity index (χ1v) is 7.95. The highest BCUT2D eigenvalue weighted by molar-refractivity contribution is 5.96. The van der Waals surface area contributed by atoms with Crippen LogP contribution in [0.4, 0.5) is 0 Å². The molecule has 110 valence electrons. The third-order valence-electron chi connectivity index (χ3n) is 3.78. The number of benzene rings is 2. The van der Waals surface area contributed by atoms with E-state index in [9.17, 15) is 4.79 Å². The lowest BCUT2D eigenvalue weighted by Crippen LogP contribution is -1.99. The smallest absolute Gasteiger partial charge is 0.162 e. The normalized spacial score (nSPS) is 10.5. The van der Waals surface area contributed by atoms with Crippen molar-refractivity contribution in [2.24, 2.45) is 0 Å². The maximum absolute atomic E-state index is 12.1. The minimum atomic E-state index is 0.270. The Kier molecular flexibility index (Phi) is 6.21. The van der Waals surface area contributed by atoms with Crippen molar-refractivity contribution in [3.05, 3.63) is 71.3 Å². The van der Waals surface area contributed by atoms with E-state index in [1.165, 1.54) is 11.1 Å². The van der Waals surface area contributed by atoms with Gasteiger partial charge in [-0.2, -0.15) is 0 Å². The van der Waals surface area contributed by atoms with Gasteiger partial charge in [0.1, 0.15) is 0 Å². The fourth-order valence-electron chi connectivity index (χ4n) is 2.55. The Bertz CT molecular complexity index is 540. The van der Waals surface area contributed by atoms with Crippen molar-refractivity contribution in [2.45, 2.75) is 45.4 Å². The number of Topliss-reactive ketones (excluding diaryl/α,β-unsaturated/α-hetero) is 1. The maximum Gasteiger partial charge on any atom is 0.162 e. The van der Waals surface area contributed by atoms with Gasteiger partial charge < -0.3 is 0 Å². The van der Waals surface area contributed by atoms with Gasteiger partial charge in [0.05, 0.1) is 0 Å². The SMILES string of the molecule is CCCc1ccc(C(=O)CCCCc2ccccc2)cc1. The topological polar surface area (TPSA) is 17.1 Å². The summed E-state index contributed by atoms with van der Waals surface area (Å²) in [7, 11) is 0. The van der Waals surface area contributed by atoms with Gasteiger partial charge in [0.2, 0.25) is 0 Å². The van der Waals surface area contributed by atoms with Crippen LogP contribution in [0.1, 0.15) is 54.1 Å². The lowest BCUT2D eigenvalue weighted by Gasteiger charge is -2.04. The van der Waals surface area contributed by atoms with Crippen LogP contribution in [0.2, 0.25) is 0 Å². The molecule has 0 unspecified atom stereocenters. The third-order valence-corrected chi connectivity index (χ3v) is 3.78. The molecule has 0 saturated carbocycles. The average molecular weight is 280 g/mol. The molecule has 2 aromatic carbocycles. The molecule has 0 N–H and O–H groups in total. The minimum Gasteiger partial charge on any atom is -0.294 e. The Hall–Kier alpha value is -1.89. The molecule has 0 atom stereocenters. The summed E-state index contributed by atoms with van der Waals surface area (Å²) < 4.78 is 0. The molecule has 0 heterocycles. The van der Waals surface area contributed by atoms with Gasteiger partial charge in [-0.15, -0.1) is 0 Å². The quantitative estimate of drug-likeness (QED) is 0.477. The fraction of sp³-hybridized carbons (Fsp3) is 0.350. The van der Waals surface area contributed by atoms with Crippen molar-refractivity contribution in [1.29, 1.82) is 0 Å². The zero-order valence-electron chi connectivity index (χ0n) is 12.8. The zero-order chi connectivity index (χ0) is 14.9. The van der Waals surface area contributed by atoms with E-state index in [1.807, 2.05) is 18.2 Å². The summed E-state index contributed by atoms with van der Waals surface area (Å²) in [5.41, 5.74) is 3.53. The van der Waals surface area contributed by atoms with Crippen molar-refractivity contribution in [3.63, 3.8) is 0 Å². The van der Waals surface area contributed by atoms with Gasteiger partial charge >= 0.3 is 0 Å². The van der Waals surface area contributed by atoms with E-state index in [0.29, 0.717) is 6.42 Å². The van der Waals surface area contributed by atoms with Crippen LogP contribution in [0.25, 0.3) is 0 Å². The fourth-order valence-corrected chi connectivity index (χ4v) is 2.55. The van der Waals surface area contributed by atoms with Crippen molar-refractivity contribution in [3.8, 4) is 0 Å². The highest BCUT2D eigenvalue weighted by Crippen LogP contribution is 2.12. The predicted octanol–water partition coefficient (Wildman–Crippen LogP) is 5.23. The van der Waals surface area contributed by atoms with Crippen LogP contribution < -0.4 is 0 Å². The lowest BCUT2D eigenvalue weighted by atomic mass is 10.0. The molecule has 0 aliphatic heterocycles. The van der Waals surface area contributed by atoms with Crippen molar-refractivity contribution >= 4 is 5.78 Å². The van der Waals surface area contributed by atoms with Gasteiger partial charge in [0, 0.05) is 12.0 Å². The molecule has 1 nitrogen and oxygen atoms in total. The number of hydrogen-bond donors (Lipinski definition) is 0. The largest absolute Gasteiger partial charge is 0.294 e. The second-order valence-corrected chi connectivity index (χ2v) is 5.56.